The van der Waals surface area contributed by atoms with Crippen LogP contribution in [0.2, 0.25) is 0 Å². The third-order valence-corrected chi connectivity index (χ3v) is 4.95. The van der Waals surface area contributed by atoms with Crippen LogP contribution in [0.15, 0.2) is 23.3 Å². The molecule has 0 radical (unpaired) electrons. The van der Waals surface area contributed by atoms with Crippen molar-refractivity contribution >= 4 is 41.7 Å². The minimum absolute atomic E-state index is 0. The van der Waals surface area contributed by atoms with Gasteiger partial charge in [0.15, 0.2) is 5.96 Å². The Bertz CT molecular complexity index is 626. The third kappa shape index (κ3) is 8.30. The quantitative estimate of drug-likeness (QED) is 0.304. The van der Waals surface area contributed by atoms with Crippen molar-refractivity contribution in [2.75, 3.05) is 38.5 Å². The summed E-state index contributed by atoms with van der Waals surface area (Å²) in [6, 6.07) is 3.74. The lowest BCUT2D eigenvalue weighted by molar-refractivity contribution is -0.116. The van der Waals surface area contributed by atoms with Crippen LogP contribution >= 0.6 is 24.0 Å². The van der Waals surface area contributed by atoms with Crippen molar-refractivity contribution in [3.8, 4) is 0 Å². The molecule has 1 aliphatic heterocycles. The Morgan fingerprint density at radius 3 is 2.54 bits per heavy atom. The van der Waals surface area contributed by atoms with Crippen LogP contribution in [-0.2, 0) is 4.79 Å². The summed E-state index contributed by atoms with van der Waals surface area (Å²) in [6.07, 6.45) is 5.99. The molecule has 1 aromatic heterocycles. The molecule has 8 heteroatoms. The van der Waals surface area contributed by atoms with Crippen molar-refractivity contribution in [3.63, 3.8) is 0 Å². The molecular formula is C20H35IN6O. The summed E-state index contributed by atoms with van der Waals surface area (Å²) in [7, 11) is 1.75. The van der Waals surface area contributed by atoms with Gasteiger partial charge in [0.2, 0.25) is 5.91 Å². The standard InChI is InChI=1S/C20H34N6O.HI/c1-16-8-9-17(23-14-16)25-18(27)10-11-22-19(21-4)24-15-20(2,3)26-12-6-5-7-13-26;/h8-9,14H,5-7,10-13,15H2,1-4H3,(H2,21,22,24)(H,23,25,27);1H. The first-order valence-electron chi connectivity index (χ1n) is 9.83. The lowest BCUT2D eigenvalue weighted by Gasteiger charge is -2.41. The monoisotopic (exact) mass is 502 g/mol. The van der Waals surface area contributed by atoms with Crippen molar-refractivity contribution in [3.05, 3.63) is 23.9 Å². The minimum atomic E-state index is -0.0667. The maximum absolute atomic E-state index is 12.0. The van der Waals surface area contributed by atoms with E-state index >= 15 is 0 Å². The van der Waals surface area contributed by atoms with Gasteiger partial charge < -0.3 is 16.0 Å². The van der Waals surface area contributed by atoms with Gasteiger partial charge >= 0.3 is 0 Å². The molecule has 0 spiro atoms. The van der Waals surface area contributed by atoms with E-state index < -0.39 is 0 Å². The number of pyridine rings is 1. The predicted molar refractivity (Wildman–Crippen MR) is 127 cm³/mol. The zero-order valence-electron chi connectivity index (χ0n) is 17.5. The molecule has 0 bridgehead atoms. The number of amides is 1. The molecule has 0 aromatic carbocycles. The van der Waals surface area contributed by atoms with E-state index in [4.69, 9.17) is 0 Å². The number of nitrogens with zero attached hydrogens (tertiary/aromatic N) is 3. The SMILES string of the molecule is CN=C(NCCC(=O)Nc1ccc(C)cn1)NCC(C)(C)N1CCCCC1.I. The predicted octanol–water partition coefficient (Wildman–Crippen LogP) is 2.77. The maximum atomic E-state index is 12.0. The first-order chi connectivity index (χ1) is 12.9. The van der Waals surface area contributed by atoms with E-state index in [1.54, 1.807) is 13.2 Å². The number of hydrogen-bond acceptors (Lipinski definition) is 4. The smallest absolute Gasteiger partial charge is 0.227 e. The van der Waals surface area contributed by atoms with Crippen LogP contribution in [0, 0.1) is 6.92 Å². The molecule has 0 saturated carbocycles. The van der Waals surface area contributed by atoms with Crippen LogP contribution in [0.25, 0.3) is 0 Å². The summed E-state index contributed by atoms with van der Waals surface area (Å²) in [5.74, 6) is 1.24. The third-order valence-electron chi connectivity index (χ3n) is 4.95. The van der Waals surface area contributed by atoms with Gasteiger partial charge in [0.05, 0.1) is 0 Å². The Kier molecular flexibility index (Phi) is 10.7. The summed E-state index contributed by atoms with van der Waals surface area (Å²) in [6.45, 7) is 10.1. The second-order valence-electron chi connectivity index (χ2n) is 7.73. The highest BCUT2D eigenvalue weighted by molar-refractivity contribution is 14.0. The normalized spacial score (nSPS) is 15.5. The molecule has 3 N–H and O–H groups in total. The molecule has 1 saturated heterocycles. The number of halogens is 1. The Morgan fingerprint density at radius 2 is 1.93 bits per heavy atom. The number of aromatic nitrogens is 1. The number of carbonyl (C=O) groups is 1. The molecule has 28 heavy (non-hydrogen) atoms. The van der Waals surface area contributed by atoms with Gasteiger partial charge in [-0.25, -0.2) is 4.98 Å². The molecule has 1 amide bonds. The van der Waals surface area contributed by atoms with Gasteiger partial charge in [-0.15, -0.1) is 24.0 Å². The highest BCUT2D eigenvalue weighted by Crippen LogP contribution is 2.19. The van der Waals surface area contributed by atoms with Crippen molar-refractivity contribution in [1.82, 2.24) is 20.5 Å². The van der Waals surface area contributed by atoms with E-state index in [1.165, 1.54) is 19.3 Å². The van der Waals surface area contributed by atoms with Crippen LogP contribution < -0.4 is 16.0 Å². The molecule has 0 atom stereocenters. The number of rotatable bonds is 7. The second-order valence-corrected chi connectivity index (χ2v) is 7.73. The molecule has 1 aromatic rings. The zero-order valence-corrected chi connectivity index (χ0v) is 19.9. The Morgan fingerprint density at radius 1 is 1.21 bits per heavy atom. The van der Waals surface area contributed by atoms with Crippen LogP contribution in [0.4, 0.5) is 5.82 Å². The summed E-state index contributed by atoms with van der Waals surface area (Å²) < 4.78 is 0. The van der Waals surface area contributed by atoms with Gasteiger partial charge in [-0.3, -0.25) is 14.7 Å². The first-order valence-corrected chi connectivity index (χ1v) is 9.83. The number of piperidine rings is 1. The number of guanidine groups is 1. The lowest BCUT2D eigenvalue weighted by atomic mass is 9.98. The zero-order chi connectivity index (χ0) is 19.7. The van der Waals surface area contributed by atoms with Crippen LogP contribution in [0.1, 0.15) is 45.1 Å². The average Bonchev–Trinajstić information content (AvgIpc) is 2.67. The molecule has 2 heterocycles. The maximum Gasteiger partial charge on any atom is 0.227 e. The Balaban J connectivity index is 0.00000392. The Hall–Kier alpha value is -1.42. The van der Waals surface area contributed by atoms with Crippen molar-refractivity contribution in [2.45, 2.75) is 52.0 Å². The summed E-state index contributed by atoms with van der Waals surface area (Å²) >= 11 is 0. The van der Waals surface area contributed by atoms with E-state index in [0.717, 1.165) is 31.2 Å². The fourth-order valence-electron chi connectivity index (χ4n) is 3.17. The number of carbonyl (C=O) groups excluding carboxylic acids is 1. The Labute approximate surface area is 186 Å². The van der Waals surface area contributed by atoms with Crippen LogP contribution in [-0.4, -0.2) is 60.5 Å². The van der Waals surface area contributed by atoms with Gasteiger partial charge in [0.1, 0.15) is 5.82 Å². The molecule has 0 aliphatic carbocycles. The molecular weight excluding hydrogens is 467 g/mol. The van der Waals surface area contributed by atoms with Crippen molar-refractivity contribution < 1.29 is 4.79 Å². The molecule has 1 aliphatic rings. The highest BCUT2D eigenvalue weighted by atomic mass is 127. The number of anilines is 1. The van der Waals surface area contributed by atoms with Crippen molar-refractivity contribution in [1.29, 1.82) is 0 Å². The van der Waals surface area contributed by atoms with E-state index in [1.807, 2.05) is 19.1 Å². The summed E-state index contributed by atoms with van der Waals surface area (Å²) in [5.41, 5.74) is 1.14. The first kappa shape index (κ1) is 24.6. The van der Waals surface area contributed by atoms with Crippen LogP contribution in [0.3, 0.4) is 0 Å². The van der Waals surface area contributed by atoms with Gasteiger partial charge in [0, 0.05) is 38.3 Å². The fraction of sp³-hybridized carbons (Fsp3) is 0.650. The average molecular weight is 502 g/mol. The van der Waals surface area contributed by atoms with Gasteiger partial charge in [-0.2, -0.15) is 0 Å². The molecule has 7 nitrogen and oxygen atoms in total. The second kappa shape index (κ2) is 12.2. The van der Waals surface area contributed by atoms with Gasteiger partial charge in [-0.1, -0.05) is 12.5 Å². The number of nitrogens with one attached hydrogen (secondary N) is 3. The van der Waals surface area contributed by atoms with E-state index in [9.17, 15) is 4.79 Å². The van der Waals surface area contributed by atoms with E-state index in [2.05, 4.69) is 44.7 Å². The summed E-state index contributed by atoms with van der Waals surface area (Å²) in [4.78, 5) is 23.0. The van der Waals surface area contributed by atoms with Gasteiger partial charge in [0.25, 0.3) is 0 Å². The summed E-state index contributed by atoms with van der Waals surface area (Å²) in [5, 5.41) is 9.40. The molecule has 2 rings (SSSR count). The van der Waals surface area contributed by atoms with Gasteiger partial charge in [-0.05, 0) is 58.3 Å². The number of aliphatic imine (C=N–C) groups is 1. The van der Waals surface area contributed by atoms with Crippen LogP contribution in [0.5, 0.6) is 0 Å². The number of likely N-dealkylation sites (tertiary alicyclic amines) is 1. The lowest BCUT2D eigenvalue weighted by Crippen LogP contribution is -2.55. The highest BCUT2D eigenvalue weighted by Gasteiger charge is 2.27. The number of aryl methyl sites for hydroxylation is 1. The molecule has 0 unspecified atom stereocenters. The van der Waals surface area contributed by atoms with E-state index in [0.29, 0.717) is 18.8 Å². The topological polar surface area (TPSA) is 81.6 Å². The molecule has 1 fully saturated rings. The van der Waals surface area contributed by atoms with E-state index in [-0.39, 0.29) is 35.4 Å². The number of hydrogen-bond donors (Lipinski definition) is 3. The largest absolute Gasteiger partial charge is 0.356 e. The minimum Gasteiger partial charge on any atom is -0.356 e. The van der Waals surface area contributed by atoms with Crippen molar-refractivity contribution in [2.24, 2.45) is 4.99 Å². The molecule has 158 valence electrons. The fourth-order valence-corrected chi connectivity index (χ4v) is 3.17.